The first-order chi connectivity index (χ1) is 10.7. The molecule has 0 amide bonds. The molecule has 22 heavy (non-hydrogen) atoms. The number of aromatic nitrogens is 1. The van der Waals surface area contributed by atoms with Crippen molar-refractivity contribution in [1.82, 2.24) is 4.98 Å². The molecule has 0 aliphatic heterocycles. The highest BCUT2D eigenvalue weighted by Crippen LogP contribution is 2.33. The fourth-order valence-electron chi connectivity index (χ4n) is 2.92. The largest absolute Gasteiger partial charge is 0.256 e. The second-order valence-corrected chi connectivity index (χ2v) is 5.99. The highest BCUT2D eigenvalue weighted by atomic mass is 14.7. The molecule has 0 atom stereocenters. The lowest BCUT2D eigenvalue weighted by Crippen LogP contribution is -1.96. The Hall–Kier alpha value is -2.41. The predicted molar refractivity (Wildman–Crippen MR) is 93.9 cm³/mol. The van der Waals surface area contributed by atoms with Gasteiger partial charge >= 0.3 is 0 Å². The second-order valence-electron chi connectivity index (χ2n) is 5.99. The summed E-state index contributed by atoms with van der Waals surface area (Å²) in [5, 5.41) is 0. The van der Waals surface area contributed by atoms with Gasteiger partial charge in [0.15, 0.2) is 0 Å². The van der Waals surface area contributed by atoms with Gasteiger partial charge in [-0.25, -0.2) is 0 Å². The minimum Gasteiger partial charge on any atom is -0.256 e. The Kier molecular flexibility index (Phi) is 4.06. The second kappa shape index (κ2) is 6.15. The number of aryl methyl sites for hydroxylation is 1. The Labute approximate surface area is 132 Å². The van der Waals surface area contributed by atoms with Crippen LogP contribution >= 0.6 is 0 Å². The van der Waals surface area contributed by atoms with Crippen molar-refractivity contribution in [3.8, 4) is 22.4 Å². The Morgan fingerprint density at radius 3 is 2.32 bits per heavy atom. The van der Waals surface area contributed by atoms with E-state index in [1.807, 2.05) is 12.3 Å². The average molecular weight is 287 g/mol. The van der Waals surface area contributed by atoms with Gasteiger partial charge in [0, 0.05) is 11.8 Å². The highest BCUT2D eigenvalue weighted by molar-refractivity contribution is 5.75. The Balaban J connectivity index is 2.15. The first-order valence-electron chi connectivity index (χ1n) is 7.78. The van der Waals surface area contributed by atoms with Crippen LogP contribution in [0.4, 0.5) is 0 Å². The lowest BCUT2D eigenvalue weighted by molar-refractivity contribution is 0.867. The number of benzene rings is 2. The van der Waals surface area contributed by atoms with Gasteiger partial charge < -0.3 is 0 Å². The van der Waals surface area contributed by atoms with E-state index in [0.29, 0.717) is 5.92 Å². The fourth-order valence-corrected chi connectivity index (χ4v) is 2.92. The van der Waals surface area contributed by atoms with E-state index in [1.54, 1.807) is 0 Å². The maximum absolute atomic E-state index is 4.54. The van der Waals surface area contributed by atoms with Crippen LogP contribution in [0.15, 0.2) is 66.9 Å². The minimum atomic E-state index is 0.503. The number of hydrogen-bond donors (Lipinski definition) is 0. The zero-order chi connectivity index (χ0) is 15.5. The molecule has 3 rings (SSSR count). The molecular formula is C21H21N. The zero-order valence-electron chi connectivity index (χ0n) is 13.4. The van der Waals surface area contributed by atoms with Crippen molar-refractivity contribution in [2.75, 3.05) is 0 Å². The van der Waals surface area contributed by atoms with Gasteiger partial charge in [0.1, 0.15) is 0 Å². The van der Waals surface area contributed by atoms with Crippen LogP contribution in [0, 0.1) is 6.92 Å². The molecular weight excluding hydrogens is 266 g/mol. The SMILES string of the molecule is Cc1cccc(C(C)C)c1-c1ccnc(-c2ccccc2)c1. The number of hydrogen-bond acceptors (Lipinski definition) is 1. The maximum atomic E-state index is 4.54. The van der Waals surface area contributed by atoms with Crippen LogP contribution in [-0.4, -0.2) is 4.98 Å². The van der Waals surface area contributed by atoms with Gasteiger partial charge in [0.2, 0.25) is 0 Å². The van der Waals surface area contributed by atoms with Gasteiger partial charge in [-0.05, 0) is 47.2 Å². The lowest BCUT2D eigenvalue weighted by Gasteiger charge is -2.16. The number of nitrogens with zero attached hydrogens (tertiary/aromatic N) is 1. The fraction of sp³-hybridized carbons (Fsp3) is 0.190. The third-order valence-electron chi connectivity index (χ3n) is 4.05. The summed E-state index contributed by atoms with van der Waals surface area (Å²) in [7, 11) is 0. The van der Waals surface area contributed by atoms with Crippen molar-refractivity contribution in [3.05, 3.63) is 78.0 Å². The van der Waals surface area contributed by atoms with Crippen LogP contribution < -0.4 is 0 Å². The van der Waals surface area contributed by atoms with Crippen molar-refractivity contribution < 1.29 is 0 Å². The molecule has 0 saturated carbocycles. The average Bonchev–Trinajstić information content (AvgIpc) is 2.55. The quantitative estimate of drug-likeness (QED) is 0.589. The molecule has 0 N–H and O–H groups in total. The lowest BCUT2D eigenvalue weighted by atomic mass is 9.89. The van der Waals surface area contributed by atoms with Gasteiger partial charge in [-0.3, -0.25) is 4.98 Å². The van der Waals surface area contributed by atoms with Crippen LogP contribution in [0.25, 0.3) is 22.4 Å². The van der Waals surface area contributed by atoms with E-state index in [0.717, 1.165) is 11.3 Å². The summed E-state index contributed by atoms with van der Waals surface area (Å²) in [6.07, 6.45) is 1.91. The van der Waals surface area contributed by atoms with E-state index in [2.05, 4.69) is 80.4 Å². The van der Waals surface area contributed by atoms with Gasteiger partial charge in [-0.2, -0.15) is 0 Å². The van der Waals surface area contributed by atoms with Gasteiger partial charge in [0.25, 0.3) is 0 Å². The molecule has 110 valence electrons. The third-order valence-corrected chi connectivity index (χ3v) is 4.05. The molecule has 0 spiro atoms. The van der Waals surface area contributed by atoms with Crippen LogP contribution in [0.3, 0.4) is 0 Å². The molecule has 2 aromatic carbocycles. The van der Waals surface area contributed by atoms with Crippen molar-refractivity contribution in [1.29, 1.82) is 0 Å². The summed E-state index contributed by atoms with van der Waals surface area (Å²) in [6, 6.07) is 21.2. The maximum Gasteiger partial charge on any atom is 0.0708 e. The molecule has 1 nitrogen and oxygen atoms in total. The van der Waals surface area contributed by atoms with Crippen molar-refractivity contribution in [3.63, 3.8) is 0 Å². The van der Waals surface area contributed by atoms with E-state index >= 15 is 0 Å². The van der Waals surface area contributed by atoms with Crippen LogP contribution in [0.1, 0.15) is 30.9 Å². The molecule has 0 aliphatic carbocycles. The normalized spacial score (nSPS) is 10.9. The van der Waals surface area contributed by atoms with Crippen LogP contribution in [0.2, 0.25) is 0 Å². The van der Waals surface area contributed by atoms with E-state index < -0.39 is 0 Å². The van der Waals surface area contributed by atoms with E-state index in [-0.39, 0.29) is 0 Å². The molecule has 0 fully saturated rings. The zero-order valence-corrected chi connectivity index (χ0v) is 13.4. The van der Waals surface area contributed by atoms with Gasteiger partial charge in [-0.1, -0.05) is 62.4 Å². The highest BCUT2D eigenvalue weighted by Gasteiger charge is 2.12. The van der Waals surface area contributed by atoms with Gasteiger partial charge in [-0.15, -0.1) is 0 Å². The summed E-state index contributed by atoms with van der Waals surface area (Å²) in [5.41, 5.74) is 7.48. The Bertz CT molecular complexity index is 773. The predicted octanol–water partition coefficient (Wildman–Crippen LogP) is 5.85. The molecule has 0 unspecified atom stereocenters. The monoisotopic (exact) mass is 287 g/mol. The Morgan fingerprint density at radius 2 is 1.59 bits per heavy atom. The minimum absolute atomic E-state index is 0.503. The first-order valence-corrected chi connectivity index (χ1v) is 7.78. The summed E-state index contributed by atoms with van der Waals surface area (Å²) < 4.78 is 0. The summed E-state index contributed by atoms with van der Waals surface area (Å²) in [5.74, 6) is 0.503. The van der Waals surface area contributed by atoms with E-state index in [9.17, 15) is 0 Å². The molecule has 0 bridgehead atoms. The summed E-state index contributed by atoms with van der Waals surface area (Å²) in [6.45, 7) is 6.68. The molecule has 1 heteroatoms. The van der Waals surface area contributed by atoms with E-state index in [4.69, 9.17) is 0 Å². The van der Waals surface area contributed by atoms with Crippen LogP contribution in [-0.2, 0) is 0 Å². The molecule has 0 saturated heterocycles. The number of pyridine rings is 1. The number of rotatable bonds is 3. The Morgan fingerprint density at radius 1 is 0.818 bits per heavy atom. The molecule has 0 aliphatic rings. The van der Waals surface area contributed by atoms with Crippen molar-refractivity contribution >= 4 is 0 Å². The standard InChI is InChI=1S/C21H21N/c1-15(2)19-11-7-8-16(3)21(19)18-12-13-22-20(14-18)17-9-5-4-6-10-17/h4-15H,1-3H3. The summed E-state index contributed by atoms with van der Waals surface area (Å²) in [4.78, 5) is 4.54. The van der Waals surface area contributed by atoms with Crippen molar-refractivity contribution in [2.45, 2.75) is 26.7 Å². The molecule has 1 heterocycles. The third kappa shape index (κ3) is 2.80. The van der Waals surface area contributed by atoms with Gasteiger partial charge in [0.05, 0.1) is 5.69 Å². The molecule has 1 aromatic heterocycles. The molecule has 0 radical (unpaired) electrons. The van der Waals surface area contributed by atoms with E-state index in [1.165, 1.54) is 22.3 Å². The molecule has 3 aromatic rings. The summed E-state index contributed by atoms with van der Waals surface area (Å²) >= 11 is 0. The smallest absolute Gasteiger partial charge is 0.0708 e. The first kappa shape index (κ1) is 14.5. The van der Waals surface area contributed by atoms with Crippen molar-refractivity contribution in [2.24, 2.45) is 0 Å². The topological polar surface area (TPSA) is 12.9 Å². The van der Waals surface area contributed by atoms with Crippen LogP contribution in [0.5, 0.6) is 0 Å².